The van der Waals surface area contributed by atoms with Gasteiger partial charge in [-0.15, -0.1) is 0 Å². The molecule has 0 atom stereocenters. The van der Waals surface area contributed by atoms with Gasteiger partial charge in [-0.2, -0.15) is 0 Å². The number of aromatic amines is 1. The number of amides is 1. The molecule has 4 heteroatoms. The molecule has 0 radical (unpaired) electrons. The van der Waals surface area contributed by atoms with E-state index in [1.807, 2.05) is 32.9 Å². The van der Waals surface area contributed by atoms with Gasteiger partial charge in [0, 0.05) is 23.4 Å². The van der Waals surface area contributed by atoms with Crippen molar-refractivity contribution >= 4 is 5.91 Å². The molecular formula is C14H20N2O2. The number of allylic oxidation sites excluding steroid dienone is 1. The summed E-state index contributed by atoms with van der Waals surface area (Å²) in [7, 11) is 0. The van der Waals surface area contributed by atoms with Gasteiger partial charge < -0.3 is 10.3 Å². The molecule has 0 aromatic carbocycles. The van der Waals surface area contributed by atoms with Crippen LogP contribution in [0.15, 0.2) is 22.5 Å². The van der Waals surface area contributed by atoms with Crippen molar-refractivity contribution < 1.29 is 4.79 Å². The van der Waals surface area contributed by atoms with E-state index in [1.165, 1.54) is 0 Å². The van der Waals surface area contributed by atoms with Gasteiger partial charge in [0.15, 0.2) is 0 Å². The smallest absolute Gasteiger partial charge is 0.253 e. The Kier molecular flexibility index (Phi) is 4.89. The van der Waals surface area contributed by atoms with E-state index in [-0.39, 0.29) is 18.0 Å². The highest BCUT2D eigenvalue weighted by Crippen LogP contribution is 2.03. The fraction of sp³-hybridized carbons (Fsp3) is 0.429. The number of H-pyrrole nitrogens is 1. The van der Waals surface area contributed by atoms with Crippen molar-refractivity contribution in [2.75, 3.05) is 0 Å². The molecule has 0 fully saturated rings. The molecule has 1 aromatic heterocycles. The topological polar surface area (TPSA) is 62.0 Å². The minimum Gasteiger partial charge on any atom is -0.348 e. The Balaban J connectivity index is 2.79. The number of aryl methyl sites for hydroxylation is 2. The third kappa shape index (κ3) is 3.58. The summed E-state index contributed by atoms with van der Waals surface area (Å²) in [5.74, 6) is -0.128. The lowest BCUT2D eigenvalue weighted by Gasteiger charge is -2.08. The molecule has 98 valence electrons. The first kappa shape index (κ1) is 14.2. The maximum absolute atomic E-state index is 11.7. The number of carbonyl (C=O) groups excluding carboxylic acids is 1. The predicted molar refractivity (Wildman–Crippen MR) is 72.4 cm³/mol. The van der Waals surface area contributed by atoms with Gasteiger partial charge in [0.2, 0.25) is 5.91 Å². The average molecular weight is 248 g/mol. The number of rotatable bonds is 4. The summed E-state index contributed by atoms with van der Waals surface area (Å²) < 4.78 is 0. The maximum atomic E-state index is 11.7. The monoisotopic (exact) mass is 248 g/mol. The van der Waals surface area contributed by atoms with Crippen LogP contribution in [0.3, 0.4) is 0 Å². The largest absolute Gasteiger partial charge is 0.348 e. The Hall–Kier alpha value is -1.84. The molecule has 0 bridgehead atoms. The third-order valence-corrected chi connectivity index (χ3v) is 2.79. The van der Waals surface area contributed by atoms with Crippen LogP contribution < -0.4 is 10.9 Å². The molecule has 4 nitrogen and oxygen atoms in total. The van der Waals surface area contributed by atoms with E-state index in [2.05, 4.69) is 10.3 Å². The van der Waals surface area contributed by atoms with Gasteiger partial charge in [0.25, 0.3) is 5.56 Å². The maximum Gasteiger partial charge on any atom is 0.253 e. The summed E-state index contributed by atoms with van der Waals surface area (Å²) in [4.78, 5) is 26.2. The number of hydrogen-bond acceptors (Lipinski definition) is 2. The molecule has 1 aromatic rings. The summed E-state index contributed by atoms with van der Waals surface area (Å²) >= 11 is 0. The summed E-state index contributed by atoms with van der Waals surface area (Å²) in [5.41, 5.74) is 2.88. The van der Waals surface area contributed by atoms with Crippen molar-refractivity contribution in [1.29, 1.82) is 0 Å². The van der Waals surface area contributed by atoms with E-state index in [4.69, 9.17) is 0 Å². The van der Waals surface area contributed by atoms with Crippen LogP contribution in [0, 0.1) is 13.8 Å². The van der Waals surface area contributed by atoms with Crippen LogP contribution in [-0.2, 0) is 11.3 Å². The van der Waals surface area contributed by atoms with Crippen LogP contribution in [0.4, 0.5) is 0 Å². The first-order valence-electron chi connectivity index (χ1n) is 6.10. The van der Waals surface area contributed by atoms with Gasteiger partial charge in [-0.3, -0.25) is 9.59 Å². The highest BCUT2D eigenvalue weighted by atomic mass is 16.1. The van der Waals surface area contributed by atoms with Crippen molar-refractivity contribution in [3.8, 4) is 0 Å². The van der Waals surface area contributed by atoms with Gasteiger partial charge in [-0.1, -0.05) is 13.0 Å². The molecule has 2 N–H and O–H groups in total. The second-order valence-corrected chi connectivity index (χ2v) is 4.42. The molecule has 0 aliphatic heterocycles. The Morgan fingerprint density at radius 2 is 2.11 bits per heavy atom. The lowest BCUT2D eigenvalue weighted by molar-refractivity contribution is -0.117. The van der Waals surface area contributed by atoms with E-state index in [0.717, 1.165) is 17.7 Å². The summed E-state index contributed by atoms with van der Waals surface area (Å²) in [6.45, 7) is 7.72. The number of hydrogen-bond donors (Lipinski definition) is 2. The minimum absolute atomic E-state index is 0.128. The molecule has 0 saturated carbocycles. The van der Waals surface area contributed by atoms with Crippen LogP contribution in [-0.4, -0.2) is 10.9 Å². The predicted octanol–water partition coefficient (Wildman–Crippen LogP) is 1.96. The van der Waals surface area contributed by atoms with Crippen molar-refractivity contribution in [2.24, 2.45) is 0 Å². The van der Waals surface area contributed by atoms with Crippen molar-refractivity contribution in [3.05, 3.63) is 44.9 Å². The number of aromatic nitrogens is 1. The van der Waals surface area contributed by atoms with E-state index >= 15 is 0 Å². The van der Waals surface area contributed by atoms with E-state index in [1.54, 1.807) is 6.92 Å². The van der Waals surface area contributed by atoms with Crippen LogP contribution in [0.2, 0.25) is 0 Å². The SMILES string of the molecule is CCC=C(C)C(=O)NCc1c(C)cc(C)[nH]c1=O. The highest BCUT2D eigenvalue weighted by Gasteiger charge is 2.08. The third-order valence-electron chi connectivity index (χ3n) is 2.79. The van der Waals surface area contributed by atoms with E-state index in [9.17, 15) is 9.59 Å². The zero-order valence-electron chi connectivity index (χ0n) is 11.4. The zero-order valence-corrected chi connectivity index (χ0v) is 11.4. The molecule has 1 rings (SSSR count). The van der Waals surface area contributed by atoms with Gasteiger partial charge >= 0.3 is 0 Å². The molecular weight excluding hydrogens is 228 g/mol. The molecule has 0 saturated heterocycles. The average Bonchev–Trinajstić information content (AvgIpc) is 2.27. The van der Waals surface area contributed by atoms with Crippen molar-refractivity contribution in [1.82, 2.24) is 10.3 Å². The second-order valence-electron chi connectivity index (χ2n) is 4.42. The van der Waals surface area contributed by atoms with E-state index < -0.39 is 0 Å². The van der Waals surface area contributed by atoms with Gasteiger partial charge in [0.1, 0.15) is 0 Å². The molecule has 0 spiro atoms. The molecule has 0 unspecified atom stereocenters. The van der Waals surface area contributed by atoms with Crippen molar-refractivity contribution in [2.45, 2.75) is 40.7 Å². The normalized spacial score (nSPS) is 11.4. The Morgan fingerprint density at radius 3 is 2.67 bits per heavy atom. The van der Waals surface area contributed by atoms with Gasteiger partial charge in [0.05, 0.1) is 0 Å². The molecule has 1 heterocycles. The number of carbonyl (C=O) groups is 1. The molecule has 0 aliphatic carbocycles. The number of pyridine rings is 1. The lowest BCUT2D eigenvalue weighted by atomic mass is 10.1. The fourth-order valence-corrected chi connectivity index (χ4v) is 1.81. The second kappa shape index (κ2) is 6.19. The Morgan fingerprint density at radius 1 is 1.44 bits per heavy atom. The van der Waals surface area contributed by atoms with Crippen LogP contribution in [0.25, 0.3) is 0 Å². The fourth-order valence-electron chi connectivity index (χ4n) is 1.81. The lowest BCUT2D eigenvalue weighted by Crippen LogP contribution is -2.28. The molecule has 0 aliphatic rings. The van der Waals surface area contributed by atoms with Crippen molar-refractivity contribution in [3.63, 3.8) is 0 Å². The summed E-state index contributed by atoms with van der Waals surface area (Å²) in [6.07, 6.45) is 2.69. The molecule has 1 amide bonds. The van der Waals surface area contributed by atoms with Crippen LogP contribution >= 0.6 is 0 Å². The van der Waals surface area contributed by atoms with Gasteiger partial charge in [-0.05, 0) is 38.8 Å². The van der Waals surface area contributed by atoms with Crippen LogP contribution in [0.1, 0.15) is 37.1 Å². The van der Waals surface area contributed by atoms with Crippen LogP contribution in [0.5, 0.6) is 0 Å². The Labute approximate surface area is 107 Å². The summed E-state index contributed by atoms with van der Waals surface area (Å²) in [6, 6.07) is 1.90. The standard InChI is InChI=1S/C14H20N2O2/c1-5-6-9(2)13(17)15-8-12-10(3)7-11(4)16-14(12)18/h6-7H,5,8H2,1-4H3,(H,15,17)(H,16,18). The van der Waals surface area contributed by atoms with Gasteiger partial charge in [-0.25, -0.2) is 0 Å². The number of nitrogens with one attached hydrogen (secondary N) is 2. The first-order valence-corrected chi connectivity index (χ1v) is 6.10. The zero-order chi connectivity index (χ0) is 13.7. The highest BCUT2D eigenvalue weighted by molar-refractivity contribution is 5.92. The Bertz CT molecular complexity index is 527. The summed E-state index contributed by atoms with van der Waals surface area (Å²) in [5, 5.41) is 2.76. The quantitative estimate of drug-likeness (QED) is 0.800. The van der Waals surface area contributed by atoms with E-state index in [0.29, 0.717) is 11.1 Å². The molecule has 18 heavy (non-hydrogen) atoms. The first-order chi connectivity index (χ1) is 8.45. The minimum atomic E-state index is -0.134.